The SMILES string of the molecule is O=CN1C=CSC1. The van der Waals surface area contributed by atoms with E-state index < -0.39 is 0 Å². The van der Waals surface area contributed by atoms with Gasteiger partial charge in [0.1, 0.15) is 0 Å². The zero-order valence-corrected chi connectivity index (χ0v) is 4.52. The molecule has 0 saturated carbocycles. The fourth-order valence-corrected chi connectivity index (χ4v) is 1.01. The van der Waals surface area contributed by atoms with Crippen LogP contribution in [0.4, 0.5) is 0 Å². The van der Waals surface area contributed by atoms with Gasteiger partial charge in [0.15, 0.2) is 0 Å². The lowest BCUT2D eigenvalue weighted by Gasteiger charge is -1.99. The molecule has 0 bridgehead atoms. The van der Waals surface area contributed by atoms with E-state index in [9.17, 15) is 4.79 Å². The van der Waals surface area contributed by atoms with Gasteiger partial charge in [-0.25, -0.2) is 0 Å². The van der Waals surface area contributed by atoms with E-state index in [0.717, 1.165) is 12.3 Å². The molecule has 0 radical (unpaired) electrons. The summed E-state index contributed by atoms with van der Waals surface area (Å²) in [5.74, 6) is 0.781. The largest absolute Gasteiger partial charge is 0.311 e. The standard InChI is InChI=1S/C4H5NOS/c6-3-5-1-2-7-4-5/h1-3H,4H2. The molecule has 1 rings (SSSR count). The van der Waals surface area contributed by atoms with Crippen molar-refractivity contribution in [1.29, 1.82) is 0 Å². The number of hydrogen-bond acceptors (Lipinski definition) is 2. The van der Waals surface area contributed by atoms with Crippen LogP contribution < -0.4 is 0 Å². The third-order valence-electron chi connectivity index (χ3n) is 0.708. The number of nitrogens with zero attached hydrogens (tertiary/aromatic N) is 1. The first-order valence-corrected chi connectivity index (χ1v) is 2.97. The lowest BCUT2D eigenvalue weighted by molar-refractivity contribution is -0.115. The second-order valence-corrected chi connectivity index (χ2v) is 2.06. The van der Waals surface area contributed by atoms with Crippen LogP contribution in [0.5, 0.6) is 0 Å². The zero-order valence-electron chi connectivity index (χ0n) is 3.70. The molecule has 0 aromatic rings. The summed E-state index contributed by atoms with van der Waals surface area (Å²) in [5, 5.41) is 1.90. The van der Waals surface area contributed by atoms with Gasteiger partial charge in [-0.1, -0.05) is 0 Å². The zero-order chi connectivity index (χ0) is 5.11. The summed E-state index contributed by atoms with van der Waals surface area (Å²) >= 11 is 1.62. The van der Waals surface area contributed by atoms with Gasteiger partial charge in [-0.2, -0.15) is 0 Å². The van der Waals surface area contributed by atoms with Gasteiger partial charge in [-0.05, 0) is 5.41 Å². The van der Waals surface area contributed by atoms with Gasteiger partial charge in [-0.15, -0.1) is 11.8 Å². The van der Waals surface area contributed by atoms with Crippen LogP contribution in [0.15, 0.2) is 11.6 Å². The van der Waals surface area contributed by atoms with Crippen LogP contribution in [0, 0.1) is 0 Å². The highest BCUT2D eigenvalue weighted by Gasteiger charge is 1.98. The monoisotopic (exact) mass is 115 g/mol. The van der Waals surface area contributed by atoms with Crippen molar-refractivity contribution < 1.29 is 4.79 Å². The van der Waals surface area contributed by atoms with Crippen molar-refractivity contribution in [3.05, 3.63) is 11.6 Å². The normalized spacial score (nSPS) is 18.0. The molecule has 3 heteroatoms. The molecule has 0 aromatic carbocycles. The quantitative estimate of drug-likeness (QED) is 0.467. The summed E-state index contributed by atoms with van der Waals surface area (Å²) in [6.45, 7) is 0. The topological polar surface area (TPSA) is 20.3 Å². The predicted octanol–water partition coefficient (Wildman–Crippen LogP) is 0.620. The summed E-state index contributed by atoms with van der Waals surface area (Å²) in [4.78, 5) is 11.5. The Morgan fingerprint density at radius 2 is 2.71 bits per heavy atom. The molecule has 2 nitrogen and oxygen atoms in total. The van der Waals surface area contributed by atoms with Crippen LogP contribution in [0.1, 0.15) is 0 Å². The lowest BCUT2D eigenvalue weighted by atomic mass is 10.8. The van der Waals surface area contributed by atoms with Crippen molar-refractivity contribution in [3.63, 3.8) is 0 Å². The molecule has 0 N–H and O–H groups in total. The minimum absolute atomic E-state index is 0.781. The molecule has 1 amide bonds. The number of amides is 1. The summed E-state index contributed by atoms with van der Waals surface area (Å²) in [6.07, 6.45) is 2.58. The van der Waals surface area contributed by atoms with Crippen LogP contribution in [0.3, 0.4) is 0 Å². The molecule has 1 aliphatic rings. The van der Waals surface area contributed by atoms with Crippen molar-refractivity contribution in [1.82, 2.24) is 4.90 Å². The van der Waals surface area contributed by atoms with Crippen LogP contribution >= 0.6 is 11.8 Å². The predicted molar refractivity (Wildman–Crippen MR) is 29.5 cm³/mol. The van der Waals surface area contributed by atoms with Gasteiger partial charge in [-0.3, -0.25) is 4.79 Å². The number of hydrogen-bond donors (Lipinski definition) is 0. The second-order valence-electron chi connectivity index (χ2n) is 1.20. The summed E-state index contributed by atoms with van der Waals surface area (Å²) < 4.78 is 0. The fraction of sp³-hybridized carbons (Fsp3) is 0.250. The highest BCUT2D eigenvalue weighted by molar-refractivity contribution is 8.02. The first-order valence-electron chi connectivity index (χ1n) is 1.93. The minimum Gasteiger partial charge on any atom is -0.311 e. The number of carbonyl (C=O) groups excluding carboxylic acids is 1. The average molecular weight is 115 g/mol. The molecule has 0 atom stereocenters. The maximum Gasteiger partial charge on any atom is 0.214 e. The molecule has 0 saturated heterocycles. The summed E-state index contributed by atoms with van der Waals surface area (Å²) in [6, 6.07) is 0. The maximum absolute atomic E-state index is 9.87. The first kappa shape index (κ1) is 4.71. The van der Waals surface area contributed by atoms with Crippen LogP contribution in [0.25, 0.3) is 0 Å². The Bertz CT molecular complexity index is 102. The number of rotatable bonds is 1. The van der Waals surface area contributed by atoms with E-state index in [4.69, 9.17) is 0 Å². The molecule has 0 fully saturated rings. The van der Waals surface area contributed by atoms with Crippen molar-refractivity contribution in [2.45, 2.75) is 0 Å². The van der Waals surface area contributed by atoms with Crippen molar-refractivity contribution in [2.75, 3.05) is 5.88 Å². The molecule has 7 heavy (non-hydrogen) atoms. The number of thioether (sulfide) groups is 1. The molecule has 0 aromatic heterocycles. The molecule has 0 aliphatic carbocycles. The van der Waals surface area contributed by atoms with Gasteiger partial charge in [0, 0.05) is 6.20 Å². The molecule has 1 heterocycles. The van der Waals surface area contributed by atoms with E-state index in [1.807, 2.05) is 5.41 Å². The van der Waals surface area contributed by atoms with Gasteiger partial charge < -0.3 is 4.90 Å². The van der Waals surface area contributed by atoms with Crippen molar-refractivity contribution in [2.24, 2.45) is 0 Å². The third kappa shape index (κ3) is 0.962. The van der Waals surface area contributed by atoms with Crippen LogP contribution in [-0.2, 0) is 4.79 Å². The summed E-state index contributed by atoms with van der Waals surface area (Å²) in [7, 11) is 0. The van der Waals surface area contributed by atoms with Crippen molar-refractivity contribution in [3.8, 4) is 0 Å². The van der Waals surface area contributed by atoms with Crippen LogP contribution in [0.2, 0.25) is 0 Å². The van der Waals surface area contributed by atoms with E-state index in [-0.39, 0.29) is 0 Å². The van der Waals surface area contributed by atoms with E-state index >= 15 is 0 Å². The van der Waals surface area contributed by atoms with E-state index in [1.54, 1.807) is 22.9 Å². The van der Waals surface area contributed by atoms with Gasteiger partial charge in [0.2, 0.25) is 6.41 Å². The van der Waals surface area contributed by atoms with E-state index in [1.165, 1.54) is 0 Å². The Morgan fingerprint density at radius 3 is 3.00 bits per heavy atom. The van der Waals surface area contributed by atoms with E-state index in [0.29, 0.717) is 0 Å². The van der Waals surface area contributed by atoms with Crippen molar-refractivity contribution >= 4 is 18.2 Å². The second kappa shape index (κ2) is 2.02. The highest BCUT2D eigenvalue weighted by Crippen LogP contribution is 2.11. The Balaban J connectivity index is 2.42. The molecule has 0 spiro atoms. The Morgan fingerprint density at radius 1 is 1.86 bits per heavy atom. The fourth-order valence-electron chi connectivity index (χ4n) is 0.359. The number of carbonyl (C=O) groups is 1. The van der Waals surface area contributed by atoms with Crippen LogP contribution in [-0.4, -0.2) is 17.2 Å². The first-order chi connectivity index (χ1) is 3.43. The molecular formula is C4H5NOS. The Hall–Kier alpha value is -0.440. The van der Waals surface area contributed by atoms with Gasteiger partial charge in [0.25, 0.3) is 0 Å². The molecule has 38 valence electrons. The van der Waals surface area contributed by atoms with E-state index in [2.05, 4.69) is 0 Å². The molecular weight excluding hydrogens is 110 g/mol. The molecule has 0 unspecified atom stereocenters. The smallest absolute Gasteiger partial charge is 0.214 e. The van der Waals surface area contributed by atoms with Gasteiger partial charge >= 0.3 is 0 Å². The molecule has 1 aliphatic heterocycles. The minimum atomic E-state index is 0.781. The Kier molecular flexibility index (Phi) is 1.36. The average Bonchev–Trinajstić information content (AvgIpc) is 2.14. The summed E-state index contributed by atoms with van der Waals surface area (Å²) in [5.41, 5.74) is 0. The third-order valence-corrected chi connectivity index (χ3v) is 1.47. The lowest BCUT2D eigenvalue weighted by Crippen LogP contribution is -2.08. The Labute approximate surface area is 46.2 Å². The maximum atomic E-state index is 9.87. The van der Waals surface area contributed by atoms with Gasteiger partial charge in [0.05, 0.1) is 5.88 Å². The highest BCUT2D eigenvalue weighted by atomic mass is 32.2.